The van der Waals surface area contributed by atoms with Crippen molar-refractivity contribution in [2.24, 2.45) is 0 Å². The molecule has 2 rings (SSSR count). The first kappa shape index (κ1) is 15.8. The van der Waals surface area contributed by atoms with E-state index in [4.69, 9.17) is 0 Å². The van der Waals surface area contributed by atoms with Crippen molar-refractivity contribution in [3.05, 3.63) is 52.3 Å². The summed E-state index contributed by atoms with van der Waals surface area (Å²) >= 11 is 3.41. The summed E-state index contributed by atoms with van der Waals surface area (Å²) in [6.07, 6.45) is 1.91. The lowest BCUT2D eigenvalue weighted by atomic mass is 10.2. The Hall–Kier alpha value is -1.59. The zero-order chi connectivity index (χ0) is 15.2. The molecule has 0 spiro atoms. The number of nitrogens with zero attached hydrogens (tertiary/aromatic N) is 1. The minimum Gasteiger partial charge on any atom is -0.343 e. The van der Waals surface area contributed by atoms with Crippen molar-refractivity contribution in [2.75, 3.05) is 11.9 Å². The summed E-state index contributed by atoms with van der Waals surface area (Å²) in [6, 6.07) is 9.73. The molecular formula is C16H20BrN3O. The Labute approximate surface area is 133 Å². The first-order valence-corrected chi connectivity index (χ1v) is 7.90. The van der Waals surface area contributed by atoms with E-state index in [1.54, 1.807) is 0 Å². The first-order valence-electron chi connectivity index (χ1n) is 7.10. The van der Waals surface area contributed by atoms with Gasteiger partial charge < -0.3 is 15.2 Å². The molecule has 1 amide bonds. The van der Waals surface area contributed by atoms with Gasteiger partial charge in [-0.3, -0.25) is 4.79 Å². The Morgan fingerprint density at radius 2 is 2.10 bits per heavy atom. The standard InChI is InChI=1S/C16H20BrN3O/c1-3-18-10-12-6-5-7-14(8-12)19-16(21)15-9-13(17)11-20(15)4-2/h5-9,11,18H,3-4,10H2,1-2H3,(H,19,21). The molecule has 0 aliphatic heterocycles. The van der Waals surface area contributed by atoms with Crippen LogP contribution in [-0.2, 0) is 13.1 Å². The number of halogens is 1. The van der Waals surface area contributed by atoms with Crippen molar-refractivity contribution in [1.29, 1.82) is 0 Å². The molecule has 0 aliphatic carbocycles. The highest BCUT2D eigenvalue weighted by Gasteiger charge is 2.12. The van der Waals surface area contributed by atoms with Crippen LogP contribution in [0.15, 0.2) is 41.0 Å². The molecule has 1 aromatic heterocycles. The molecule has 0 saturated heterocycles. The van der Waals surface area contributed by atoms with E-state index in [1.807, 2.05) is 48.0 Å². The van der Waals surface area contributed by atoms with Crippen molar-refractivity contribution in [3.8, 4) is 0 Å². The number of amides is 1. The topological polar surface area (TPSA) is 46.1 Å². The van der Waals surface area contributed by atoms with Crippen molar-refractivity contribution < 1.29 is 4.79 Å². The summed E-state index contributed by atoms with van der Waals surface area (Å²) in [5.74, 6) is -0.0943. The monoisotopic (exact) mass is 349 g/mol. The predicted molar refractivity (Wildman–Crippen MR) is 89.6 cm³/mol. The number of carbonyl (C=O) groups is 1. The van der Waals surface area contributed by atoms with E-state index >= 15 is 0 Å². The zero-order valence-corrected chi connectivity index (χ0v) is 13.9. The fourth-order valence-corrected chi connectivity index (χ4v) is 2.61. The Bertz CT molecular complexity index is 622. The SMILES string of the molecule is CCNCc1cccc(NC(=O)c2cc(Br)cn2CC)c1. The molecule has 0 aliphatic rings. The van der Waals surface area contributed by atoms with Gasteiger partial charge in [-0.2, -0.15) is 0 Å². The summed E-state index contributed by atoms with van der Waals surface area (Å²) < 4.78 is 2.83. The van der Waals surface area contributed by atoms with Gasteiger partial charge in [0.05, 0.1) is 0 Å². The van der Waals surface area contributed by atoms with Gasteiger partial charge in [0.25, 0.3) is 5.91 Å². The molecule has 112 valence electrons. The van der Waals surface area contributed by atoms with Crippen LogP contribution in [0.1, 0.15) is 29.9 Å². The van der Waals surface area contributed by atoms with Gasteiger partial charge in [0, 0.05) is 29.4 Å². The van der Waals surface area contributed by atoms with Crippen molar-refractivity contribution in [3.63, 3.8) is 0 Å². The average Bonchev–Trinajstić information content (AvgIpc) is 2.87. The first-order chi connectivity index (χ1) is 10.1. The minimum absolute atomic E-state index is 0.0943. The second-order valence-corrected chi connectivity index (χ2v) is 5.68. The molecular weight excluding hydrogens is 330 g/mol. The maximum absolute atomic E-state index is 12.4. The number of hydrogen-bond acceptors (Lipinski definition) is 2. The van der Waals surface area contributed by atoms with Crippen LogP contribution < -0.4 is 10.6 Å². The smallest absolute Gasteiger partial charge is 0.272 e. The van der Waals surface area contributed by atoms with Gasteiger partial charge in [-0.15, -0.1) is 0 Å². The van der Waals surface area contributed by atoms with Crippen LogP contribution in [0, 0.1) is 0 Å². The number of benzene rings is 1. The Kier molecular flexibility index (Phi) is 5.59. The highest BCUT2D eigenvalue weighted by Crippen LogP contribution is 2.17. The van der Waals surface area contributed by atoms with Crippen LogP contribution >= 0.6 is 15.9 Å². The summed E-state index contributed by atoms with van der Waals surface area (Å²) in [6.45, 7) is 6.57. The van der Waals surface area contributed by atoms with Crippen LogP contribution in [0.25, 0.3) is 0 Å². The molecule has 0 unspecified atom stereocenters. The van der Waals surface area contributed by atoms with Gasteiger partial charge in [0.15, 0.2) is 0 Å². The lowest BCUT2D eigenvalue weighted by molar-refractivity contribution is 0.101. The lowest BCUT2D eigenvalue weighted by Crippen LogP contribution is -2.17. The highest BCUT2D eigenvalue weighted by molar-refractivity contribution is 9.10. The highest BCUT2D eigenvalue weighted by atomic mass is 79.9. The van der Waals surface area contributed by atoms with E-state index in [-0.39, 0.29) is 5.91 Å². The normalized spacial score (nSPS) is 10.6. The van der Waals surface area contributed by atoms with Crippen LogP contribution in [-0.4, -0.2) is 17.0 Å². The molecule has 0 radical (unpaired) electrons. The van der Waals surface area contributed by atoms with Crippen LogP contribution in [0.2, 0.25) is 0 Å². The predicted octanol–water partition coefficient (Wildman–Crippen LogP) is 3.63. The van der Waals surface area contributed by atoms with E-state index in [2.05, 4.69) is 33.5 Å². The van der Waals surface area contributed by atoms with E-state index in [1.165, 1.54) is 0 Å². The molecule has 4 nitrogen and oxygen atoms in total. The molecule has 2 aromatic rings. The van der Waals surface area contributed by atoms with Crippen LogP contribution in [0.3, 0.4) is 0 Å². The molecule has 0 bridgehead atoms. The summed E-state index contributed by atoms with van der Waals surface area (Å²) in [5.41, 5.74) is 2.62. The molecule has 2 N–H and O–H groups in total. The van der Waals surface area contributed by atoms with E-state index < -0.39 is 0 Å². The minimum atomic E-state index is -0.0943. The summed E-state index contributed by atoms with van der Waals surface area (Å²) in [4.78, 5) is 12.4. The number of nitrogens with one attached hydrogen (secondary N) is 2. The molecule has 0 saturated carbocycles. The number of hydrogen-bond donors (Lipinski definition) is 2. The van der Waals surface area contributed by atoms with E-state index in [9.17, 15) is 4.79 Å². The Morgan fingerprint density at radius 3 is 2.81 bits per heavy atom. The van der Waals surface area contributed by atoms with Crippen molar-refractivity contribution >= 4 is 27.5 Å². The number of carbonyl (C=O) groups excluding carboxylic acids is 1. The summed E-state index contributed by atoms with van der Waals surface area (Å²) in [5, 5.41) is 6.23. The third kappa shape index (κ3) is 4.19. The fraction of sp³-hybridized carbons (Fsp3) is 0.312. The molecule has 1 heterocycles. The van der Waals surface area contributed by atoms with Crippen LogP contribution in [0.5, 0.6) is 0 Å². The zero-order valence-electron chi connectivity index (χ0n) is 12.3. The molecule has 5 heteroatoms. The largest absolute Gasteiger partial charge is 0.343 e. The second kappa shape index (κ2) is 7.43. The number of rotatable bonds is 6. The third-order valence-electron chi connectivity index (χ3n) is 3.20. The quantitative estimate of drug-likeness (QED) is 0.836. The van der Waals surface area contributed by atoms with Gasteiger partial charge in [0.1, 0.15) is 5.69 Å². The average molecular weight is 350 g/mol. The van der Waals surface area contributed by atoms with Crippen molar-refractivity contribution in [2.45, 2.75) is 26.9 Å². The molecule has 1 aromatic carbocycles. The molecule has 0 atom stereocenters. The second-order valence-electron chi connectivity index (χ2n) is 4.76. The van der Waals surface area contributed by atoms with Gasteiger partial charge >= 0.3 is 0 Å². The lowest BCUT2D eigenvalue weighted by Gasteiger charge is -2.09. The van der Waals surface area contributed by atoms with E-state index in [0.29, 0.717) is 5.69 Å². The molecule has 21 heavy (non-hydrogen) atoms. The third-order valence-corrected chi connectivity index (χ3v) is 3.63. The summed E-state index contributed by atoms with van der Waals surface area (Å²) in [7, 11) is 0. The van der Waals surface area contributed by atoms with Crippen LogP contribution in [0.4, 0.5) is 5.69 Å². The number of aromatic nitrogens is 1. The maximum atomic E-state index is 12.4. The Balaban J connectivity index is 2.11. The maximum Gasteiger partial charge on any atom is 0.272 e. The van der Waals surface area contributed by atoms with Gasteiger partial charge in [-0.25, -0.2) is 0 Å². The number of aryl methyl sites for hydroxylation is 1. The van der Waals surface area contributed by atoms with Gasteiger partial charge in [-0.05, 0) is 53.2 Å². The van der Waals surface area contributed by atoms with Crippen molar-refractivity contribution in [1.82, 2.24) is 9.88 Å². The molecule has 0 fully saturated rings. The van der Waals surface area contributed by atoms with Gasteiger partial charge in [0.2, 0.25) is 0 Å². The fourth-order valence-electron chi connectivity index (χ4n) is 2.15. The Morgan fingerprint density at radius 1 is 1.29 bits per heavy atom. The van der Waals surface area contributed by atoms with E-state index in [0.717, 1.165) is 35.4 Å². The van der Waals surface area contributed by atoms with Gasteiger partial charge in [-0.1, -0.05) is 19.1 Å². The number of anilines is 1.